The Morgan fingerprint density at radius 3 is 2.25 bits per heavy atom. The van der Waals surface area contributed by atoms with Gasteiger partial charge in [0.1, 0.15) is 6.04 Å². The van der Waals surface area contributed by atoms with Crippen molar-refractivity contribution in [2.75, 3.05) is 0 Å². The molecule has 0 heterocycles. The first-order chi connectivity index (χ1) is 5.41. The van der Waals surface area contributed by atoms with Crippen LogP contribution >= 0.6 is 0 Å². The molecule has 1 amide bonds. The molecule has 1 rings (SSSR count). The fraction of sp³-hybridized carbons (Fsp3) is 0.857. The molecule has 1 N–H and O–H groups in total. The van der Waals surface area contributed by atoms with Crippen molar-refractivity contribution in [3.63, 3.8) is 0 Å². The monoisotopic (exact) mass is 181 g/mol. The number of nitrogens with one attached hydrogen (secondary N) is 1. The second-order valence-electron chi connectivity index (χ2n) is 3.06. The summed E-state index contributed by atoms with van der Waals surface area (Å²) in [5, 5.41) is 1.92. The third kappa shape index (κ3) is 2.39. The highest BCUT2D eigenvalue weighted by molar-refractivity contribution is 5.73. The number of rotatable bonds is 2. The van der Waals surface area contributed by atoms with E-state index < -0.39 is 24.0 Å². The lowest BCUT2D eigenvalue weighted by Gasteiger charge is -2.20. The van der Waals surface area contributed by atoms with Crippen LogP contribution in [0.2, 0.25) is 0 Å². The van der Waals surface area contributed by atoms with Crippen LogP contribution in [0.4, 0.5) is 13.2 Å². The van der Waals surface area contributed by atoms with Crippen LogP contribution in [-0.2, 0) is 4.79 Å². The third-order valence-electron chi connectivity index (χ3n) is 1.80. The number of hydrogen-bond acceptors (Lipinski definition) is 1. The molecule has 12 heavy (non-hydrogen) atoms. The smallest absolute Gasteiger partial charge is 0.344 e. The van der Waals surface area contributed by atoms with Gasteiger partial charge in [-0.05, 0) is 18.8 Å². The number of carbonyl (C=O) groups excluding carboxylic acids is 1. The van der Waals surface area contributed by atoms with Gasteiger partial charge in [-0.1, -0.05) is 0 Å². The van der Waals surface area contributed by atoms with E-state index in [0.717, 1.165) is 6.92 Å². The second kappa shape index (κ2) is 2.95. The lowest BCUT2D eigenvalue weighted by molar-refractivity contribution is -0.165. The van der Waals surface area contributed by atoms with E-state index >= 15 is 0 Å². The molecule has 0 saturated heterocycles. The highest BCUT2D eigenvalue weighted by atomic mass is 19.4. The topological polar surface area (TPSA) is 29.1 Å². The highest BCUT2D eigenvalue weighted by Crippen LogP contribution is 2.39. The van der Waals surface area contributed by atoms with E-state index in [1.54, 1.807) is 0 Å². The Bertz CT molecular complexity index is 186. The van der Waals surface area contributed by atoms with Crippen molar-refractivity contribution in [1.29, 1.82) is 0 Å². The Balaban J connectivity index is 2.54. The minimum atomic E-state index is -4.30. The summed E-state index contributed by atoms with van der Waals surface area (Å²) in [5.74, 6) is -1.02. The van der Waals surface area contributed by atoms with E-state index in [2.05, 4.69) is 0 Å². The van der Waals surface area contributed by atoms with E-state index in [9.17, 15) is 18.0 Å². The first kappa shape index (κ1) is 9.35. The normalized spacial score (nSPS) is 20.3. The average Bonchev–Trinajstić information content (AvgIpc) is 2.60. The molecule has 1 fully saturated rings. The van der Waals surface area contributed by atoms with Crippen LogP contribution in [-0.4, -0.2) is 18.1 Å². The minimum absolute atomic E-state index is 0.395. The van der Waals surface area contributed by atoms with Gasteiger partial charge in [0.2, 0.25) is 5.91 Å². The summed E-state index contributed by atoms with van der Waals surface area (Å²) in [7, 11) is 0. The van der Waals surface area contributed by atoms with Gasteiger partial charge in [0.05, 0.1) is 0 Å². The largest absolute Gasteiger partial charge is 0.408 e. The summed E-state index contributed by atoms with van der Waals surface area (Å²) in [5.41, 5.74) is 0. The quantitative estimate of drug-likeness (QED) is 0.686. The molecule has 1 unspecified atom stereocenters. The molecule has 0 aromatic carbocycles. The maximum absolute atomic E-state index is 12.2. The third-order valence-corrected chi connectivity index (χ3v) is 1.80. The predicted molar refractivity (Wildman–Crippen MR) is 36.4 cm³/mol. The number of alkyl halides is 3. The SMILES string of the molecule is CC(=O)NC(C1CC1)C(F)(F)F. The maximum atomic E-state index is 12.2. The molecule has 0 aromatic rings. The standard InChI is InChI=1S/C7H10F3NO/c1-4(12)11-6(5-2-3-5)7(8,9)10/h5-6H,2-3H2,1H3,(H,11,12). The van der Waals surface area contributed by atoms with Crippen molar-refractivity contribution < 1.29 is 18.0 Å². The zero-order valence-corrected chi connectivity index (χ0v) is 6.61. The van der Waals surface area contributed by atoms with Crippen LogP contribution in [0.5, 0.6) is 0 Å². The average molecular weight is 181 g/mol. The van der Waals surface area contributed by atoms with Gasteiger partial charge in [-0.2, -0.15) is 13.2 Å². The van der Waals surface area contributed by atoms with Gasteiger partial charge in [-0.15, -0.1) is 0 Å². The van der Waals surface area contributed by atoms with E-state index in [-0.39, 0.29) is 0 Å². The lowest BCUT2D eigenvalue weighted by Crippen LogP contribution is -2.46. The van der Waals surface area contributed by atoms with Gasteiger partial charge in [0.15, 0.2) is 0 Å². The van der Waals surface area contributed by atoms with Crippen LogP contribution in [0.15, 0.2) is 0 Å². The molecule has 1 saturated carbocycles. The molecule has 0 radical (unpaired) electrons. The second-order valence-corrected chi connectivity index (χ2v) is 3.06. The van der Waals surface area contributed by atoms with Crippen molar-refractivity contribution in [2.24, 2.45) is 5.92 Å². The van der Waals surface area contributed by atoms with Crippen molar-refractivity contribution in [3.05, 3.63) is 0 Å². The van der Waals surface area contributed by atoms with E-state index in [1.165, 1.54) is 0 Å². The molecule has 1 aliphatic rings. The summed E-state index contributed by atoms with van der Waals surface area (Å²) in [6.45, 7) is 1.10. The zero-order chi connectivity index (χ0) is 9.35. The van der Waals surface area contributed by atoms with Gasteiger partial charge in [-0.25, -0.2) is 0 Å². The molecule has 0 aliphatic heterocycles. The zero-order valence-electron chi connectivity index (χ0n) is 6.61. The fourth-order valence-electron chi connectivity index (χ4n) is 1.12. The minimum Gasteiger partial charge on any atom is -0.344 e. The molecule has 2 nitrogen and oxygen atoms in total. The Morgan fingerprint density at radius 2 is 2.00 bits per heavy atom. The molecule has 1 aliphatic carbocycles. The Labute approximate surface area is 68.1 Å². The molecule has 0 bridgehead atoms. The summed E-state index contributed by atoms with van der Waals surface area (Å²) < 4.78 is 36.5. The molecule has 1 atom stereocenters. The van der Waals surface area contributed by atoms with Crippen LogP contribution in [0, 0.1) is 5.92 Å². The predicted octanol–water partition coefficient (Wildman–Crippen LogP) is 1.46. The number of halogens is 3. The first-order valence-corrected chi connectivity index (χ1v) is 3.75. The Morgan fingerprint density at radius 1 is 1.50 bits per heavy atom. The molecule has 0 aromatic heterocycles. The molecule has 70 valence electrons. The van der Waals surface area contributed by atoms with Crippen LogP contribution in [0.1, 0.15) is 19.8 Å². The summed E-state index contributed by atoms with van der Waals surface area (Å²) in [6, 6.07) is -1.63. The van der Waals surface area contributed by atoms with E-state index in [4.69, 9.17) is 0 Å². The summed E-state index contributed by atoms with van der Waals surface area (Å²) in [4.78, 5) is 10.4. The Hall–Kier alpha value is -0.740. The molecule has 5 heteroatoms. The first-order valence-electron chi connectivity index (χ1n) is 3.75. The van der Waals surface area contributed by atoms with Crippen LogP contribution < -0.4 is 5.32 Å². The van der Waals surface area contributed by atoms with Gasteiger partial charge in [0, 0.05) is 6.92 Å². The van der Waals surface area contributed by atoms with E-state index in [1.807, 2.05) is 5.32 Å². The van der Waals surface area contributed by atoms with Gasteiger partial charge in [-0.3, -0.25) is 4.79 Å². The Kier molecular flexibility index (Phi) is 2.30. The van der Waals surface area contributed by atoms with Crippen molar-refractivity contribution >= 4 is 5.91 Å². The molecular formula is C7H10F3NO. The van der Waals surface area contributed by atoms with E-state index in [0.29, 0.717) is 12.8 Å². The van der Waals surface area contributed by atoms with Gasteiger partial charge in [0.25, 0.3) is 0 Å². The highest BCUT2D eigenvalue weighted by Gasteiger charge is 2.49. The van der Waals surface area contributed by atoms with Crippen molar-refractivity contribution in [2.45, 2.75) is 32.0 Å². The van der Waals surface area contributed by atoms with Crippen molar-refractivity contribution in [3.8, 4) is 0 Å². The van der Waals surface area contributed by atoms with Crippen LogP contribution in [0.3, 0.4) is 0 Å². The maximum Gasteiger partial charge on any atom is 0.408 e. The molecular weight excluding hydrogens is 171 g/mol. The van der Waals surface area contributed by atoms with Gasteiger partial charge >= 0.3 is 6.18 Å². The molecule has 0 spiro atoms. The number of hydrogen-bond donors (Lipinski definition) is 1. The van der Waals surface area contributed by atoms with Gasteiger partial charge < -0.3 is 5.32 Å². The van der Waals surface area contributed by atoms with Crippen molar-refractivity contribution in [1.82, 2.24) is 5.32 Å². The summed E-state index contributed by atoms with van der Waals surface area (Å²) >= 11 is 0. The number of carbonyl (C=O) groups is 1. The summed E-state index contributed by atoms with van der Waals surface area (Å²) in [6.07, 6.45) is -3.18. The lowest BCUT2D eigenvalue weighted by atomic mass is 10.2. The fourth-order valence-corrected chi connectivity index (χ4v) is 1.12. The van der Waals surface area contributed by atoms with Crippen LogP contribution in [0.25, 0.3) is 0 Å². The number of amides is 1.